The highest BCUT2D eigenvalue weighted by atomic mass is 31.2. The Hall–Kier alpha value is -2.65. The smallest absolute Gasteiger partial charge is 0.462 e. The molecule has 0 amide bonds. The number of benzene rings is 2. The molecular weight excluding hydrogens is 472 g/mol. The Kier molecular flexibility index (Phi) is 8.85. The predicted molar refractivity (Wildman–Crippen MR) is 109 cm³/mol. The van der Waals surface area contributed by atoms with Gasteiger partial charge < -0.3 is 13.8 Å². The van der Waals surface area contributed by atoms with Crippen LogP contribution in [0.1, 0.15) is 34.1 Å². The monoisotopic (exact) mass is 495 g/mol. The molecule has 0 saturated heterocycles. The zero-order valence-electron chi connectivity index (χ0n) is 18.2. The van der Waals surface area contributed by atoms with Crippen LogP contribution in [0, 0.1) is 35.0 Å². The van der Waals surface area contributed by atoms with Gasteiger partial charge in [0.05, 0.1) is 6.10 Å². The highest BCUT2D eigenvalue weighted by Crippen LogP contribution is 2.48. The van der Waals surface area contributed by atoms with Crippen molar-refractivity contribution in [2.45, 2.75) is 46.3 Å². The number of hydrogen-bond acceptors (Lipinski definition) is 5. The van der Waals surface area contributed by atoms with E-state index in [2.05, 4.69) is 5.09 Å². The molecule has 33 heavy (non-hydrogen) atoms. The van der Waals surface area contributed by atoms with Crippen LogP contribution in [0.15, 0.2) is 30.3 Å². The Morgan fingerprint density at radius 1 is 0.879 bits per heavy atom. The van der Waals surface area contributed by atoms with E-state index in [0.29, 0.717) is 0 Å². The van der Waals surface area contributed by atoms with E-state index in [0.717, 1.165) is 0 Å². The molecule has 0 radical (unpaired) electrons. The lowest BCUT2D eigenvalue weighted by Crippen LogP contribution is -2.40. The van der Waals surface area contributed by atoms with Crippen LogP contribution in [0.5, 0.6) is 11.5 Å². The lowest BCUT2D eigenvalue weighted by Gasteiger charge is -2.26. The van der Waals surface area contributed by atoms with Gasteiger partial charge in [-0.05, 0) is 38.3 Å². The summed E-state index contributed by atoms with van der Waals surface area (Å²) in [5.41, 5.74) is 0. The molecule has 6 nitrogen and oxygen atoms in total. The summed E-state index contributed by atoms with van der Waals surface area (Å²) in [5, 5.41) is 2.24. The molecule has 0 aliphatic carbocycles. The van der Waals surface area contributed by atoms with Gasteiger partial charge in [0.2, 0.25) is 34.8 Å². The van der Waals surface area contributed by atoms with Crippen LogP contribution in [0.3, 0.4) is 0 Å². The Morgan fingerprint density at radius 2 is 1.39 bits per heavy atom. The highest BCUT2D eigenvalue weighted by molar-refractivity contribution is 7.52. The summed E-state index contributed by atoms with van der Waals surface area (Å²) in [6.45, 7) is 6.59. The quantitative estimate of drug-likeness (QED) is 0.145. The van der Waals surface area contributed by atoms with Gasteiger partial charge in [0.15, 0.2) is 0 Å². The van der Waals surface area contributed by atoms with Crippen molar-refractivity contribution in [3.63, 3.8) is 0 Å². The van der Waals surface area contributed by atoms with Crippen molar-refractivity contribution in [3.05, 3.63) is 59.4 Å². The molecule has 182 valence electrons. The first-order chi connectivity index (χ1) is 15.3. The van der Waals surface area contributed by atoms with Gasteiger partial charge in [-0.15, -0.1) is 0 Å². The van der Waals surface area contributed by atoms with E-state index in [9.17, 15) is 31.3 Å². The predicted octanol–water partition coefficient (Wildman–Crippen LogP) is 5.90. The third-order valence-corrected chi connectivity index (χ3v) is 5.51. The lowest BCUT2D eigenvalue weighted by molar-refractivity contribution is -0.150. The third-order valence-electron chi connectivity index (χ3n) is 4.01. The number of para-hydroxylation sites is 1. The van der Waals surface area contributed by atoms with E-state index < -0.39 is 60.7 Å². The summed E-state index contributed by atoms with van der Waals surface area (Å²) >= 11 is 0. The Bertz CT molecular complexity index is 1010. The number of hydrogen-bond donors (Lipinski definition) is 1. The zero-order valence-corrected chi connectivity index (χ0v) is 19.1. The zero-order chi connectivity index (χ0) is 24.9. The van der Waals surface area contributed by atoms with E-state index in [1.165, 1.54) is 24.3 Å². The largest absolute Gasteiger partial charge is 0.513 e. The summed E-state index contributed by atoms with van der Waals surface area (Å²) in [4.78, 5) is 12.5. The number of ether oxygens (including phenoxy) is 1. The normalized spacial score (nSPS) is 14.2. The minimum absolute atomic E-state index is 0.0220. The van der Waals surface area contributed by atoms with Gasteiger partial charge in [-0.25, -0.2) is 17.7 Å². The van der Waals surface area contributed by atoms with E-state index in [1.54, 1.807) is 33.8 Å². The number of nitrogens with one attached hydrogen (secondary N) is 1. The molecule has 1 unspecified atom stereocenters. The molecule has 0 aliphatic heterocycles. The second kappa shape index (κ2) is 11.0. The molecule has 12 heteroatoms. The summed E-state index contributed by atoms with van der Waals surface area (Å²) in [5.74, 6) is -14.7. The Balaban J connectivity index is 2.53. The fraction of sp³-hybridized carbons (Fsp3) is 0.381. The molecular formula is C21H23F5NO5P. The van der Waals surface area contributed by atoms with Crippen LogP contribution in [0.25, 0.3) is 0 Å². The maximum Gasteiger partial charge on any atom is 0.513 e. The summed E-state index contributed by atoms with van der Waals surface area (Å²) in [7, 11) is -4.97. The summed E-state index contributed by atoms with van der Waals surface area (Å²) in [6.07, 6.45) is -0.534. The van der Waals surface area contributed by atoms with Crippen LogP contribution >= 0.6 is 7.75 Å². The highest BCUT2D eigenvalue weighted by Gasteiger charge is 2.39. The van der Waals surface area contributed by atoms with E-state index in [-0.39, 0.29) is 18.1 Å². The van der Waals surface area contributed by atoms with Crippen molar-refractivity contribution < 1.29 is 45.1 Å². The van der Waals surface area contributed by atoms with Crippen LogP contribution in [-0.2, 0) is 14.1 Å². The van der Waals surface area contributed by atoms with Gasteiger partial charge in [0.25, 0.3) is 0 Å². The Morgan fingerprint density at radius 3 is 1.88 bits per heavy atom. The average molecular weight is 495 g/mol. The van der Waals surface area contributed by atoms with Gasteiger partial charge >= 0.3 is 13.7 Å². The molecule has 2 atom stereocenters. The molecule has 2 aromatic carbocycles. The maximum atomic E-state index is 14.2. The van der Waals surface area contributed by atoms with Crippen molar-refractivity contribution in [2.24, 2.45) is 5.92 Å². The fourth-order valence-corrected chi connectivity index (χ4v) is 4.19. The summed E-state index contributed by atoms with van der Waals surface area (Å²) < 4.78 is 97.7. The first-order valence-electron chi connectivity index (χ1n) is 9.88. The maximum absolute atomic E-state index is 14.2. The van der Waals surface area contributed by atoms with E-state index in [1.807, 2.05) is 0 Å². The molecule has 0 aromatic heterocycles. The van der Waals surface area contributed by atoms with Crippen LogP contribution < -0.4 is 14.1 Å². The molecule has 0 spiro atoms. The van der Waals surface area contributed by atoms with Crippen molar-refractivity contribution in [1.82, 2.24) is 5.09 Å². The van der Waals surface area contributed by atoms with Gasteiger partial charge in [-0.2, -0.15) is 13.9 Å². The minimum Gasteiger partial charge on any atom is -0.462 e. The molecule has 1 N–H and O–H groups in total. The first-order valence-corrected chi connectivity index (χ1v) is 11.4. The van der Waals surface area contributed by atoms with Gasteiger partial charge in [0.1, 0.15) is 11.8 Å². The van der Waals surface area contributed by atoms with Crippen molar-refractivity contribution in [2.75, 3.05) is 0 Å². The number of esters is 1. The molecule has 0 bridgehead atoms. The Labute approximate surface area is 187 Å². The lowest BCUT2D eigenvalue weighted by atomic mass is 10.0. The number of carbonyl (C=O) groups is 1. The first kappa shape index (κ1) is 26.6. The summed E-state index contributed by atoms with van der Waals surface area (Å²) in [6, 6.07) is 5.77. The van der Waals surface area contributed by atoms with Crippen molar-refractivity contribution in [3.8, 4) is 11.5 Å². The van der Waals surface area contributed by atoms with E-state index >= 15 is 0 Å². The van der Waals surface area contributed by atoms with Gasteiger partial charge in [0, 0.05) is 0 Å². The molecule has 0 aliphatic rings. The minimum atomic E-state index is -4.97. The molecule has 2 rings (SSSR count). The number of halogens is 5. The van der Waals surface area contributed by atoms with E-state index in [4.69, 9.17) is 13.8 Å². The molecule has 0 heterocycles. The number of rotatable bonds is 10. The van der Waals surface area contributed by atoms with Crippen LogP contribution in [0.2, 0.25) is 0 Å². The SMILES string of the molecule is CC(C)C[C@H](NP(=O)(Oc1ccccc1)Oc1c(F)c(F)c(F)c(F)c1F)C(=O)OC(C)C. The van der Waals surface area contributed by atoms with Crippen LogP contribution in [-0.4, -0.2) is 18.1 Å². The fourth-order valence-electron chi connectivity index (χ4n) is 2.65. The second-order valence-corrected chi connectivity index (χ2v) is 9.31. The average Bonchev–Trinajstić information content (AvgIpc) is 2.73. The van der Waals surface area contributed by atoms with Crippen LogP contribution in [0.4, 0.5) is 22.0 Å². The molecule has 0 fully saturated rings. The van der Waals surface area contributed by atoms with Crippen molar-refractivity contribution >= 4 is 13.7 Å². The van der Waals surface area contributed by atoms with Crippen molar-refractivity contribution in [1.29, 1.82) is 0 Å². The molecule has 0 saturated carbocycles. The standard InChI is InChI=1S/C21H23F5NO5P/c1-11(2)10-14(21(28)30-12(3)4)27-33(29,31-13-8-6-5-7-9-13)32-20-18(25)16(23)15(22)17(24)19(20)26/h5-9,11-12,14H,10H2,1-4H3,(H,27,29)/t14-,33?/m0/s1. The second-order valence-electron chi connectivity index (χ2n) is 7.69. The topological polar surface area (TPSA) is 73.9 Å². The number of carbonyl (C=O) groups excluding carboxylic acids is 1. The van der Waals surface area contributed by atoms with Gasteiger partial charge in [-0.3, -0.25) is 4.79 Å². The van der Waals surface area contributed by atoms with Gasteiger partial charge in [-0.1, -0.05) is 32.0 Å². The molecule has 2 aromatic rings. The third kappa shape index (κ3) is 6.91.